The molecule has 0 amide bonds. The van der Waals surface area contributed by atoms with Gasteiger partial charge in [0.2, 0.25) is 0 Å². The van der Waals surface area contributed by atoms with Crippen molar-refractivity contribution in [1.29, 1.82) is 0 Å². The summed E-state index contributed by atoms with van der Waals surface area (Å²) in [5, 5.41) is 0.745. The summed E-state index contributed by atoms with van der Waals surface area (Å²) in [6.07, 6.45) is 4.78. The van der Waals surface area contributed by atoms with Gasteiger partial charge in [0.25, 0.3) is 0 Å². The molecule has 0 aliphatic rings. The van der Waals surface area contributed by atoms with Gasteiger partial charge in [-0.2, -0.15) is 0 Å². The van der Waals surface area contributed by atoms with Crippen molar-refractivity contribution in [2.24, 2.45) is 0 Å². The first-order valence-corrected chi connectivity index (χ1v) is 3.77. The summed E-state index contributed by atoms with van der Waals surface area (Å²) in [7, 11) is 0. The van der Waals surface area contributed by atoms with Gasteiger partial charge in [-0.25, -0.2) is 15.0 Å². The Morgan fingerprint density at radius 2 is 2.20 bits per heavy atom. The van der Waals surface area contributed by atoms with E-state index in [-0.39, 0.29) is 0 Å². The average molecular weight is 153 g/mol. The van der Waals surface area contributed by atoms with Gasteiger partial charge in [0.1, 0.15) is 12.7 Å². The molecule has 0 aromatic carbocycles. The van der Waals surface area contributed by atoms with Crippen LogP contribution in [0.2, 0.25) is 0 Å². The van der Waals surface area contributed by atoms with Crippen LogP contribution < -0.4 is 0 Å². The Hall–Kier alpha value is -0.900. The summed E-state index contributed by atoms with van der Waals surface area (Å²) >= 11 is 1.54. The molecule has 0 radical (unpaired) electrons. The summed E-state index contributed by atoms with van der Waals surface area (Å²) in [5.74, 6) is 0.837. The third-order valence-corrected chi connectivity index (χ3v) is 1.67. The van der Waals surface area contributed by atoms with Crippen molar-refractivity contribution in [2.45, 2.75) is 5.16 Å². The molecule has 1 aromatic rings. The van der Waals surface area contributed by atoms with Gasteiger partial charge in [0.15, 0.2) is 5.16 Å². The molecule has 10 heavy (non-hydrogen) atoms. The second-order valence-electron chi connectivity index (χ2n) is 1.52. The highest BCUT2D eigenvalue weighted by molar-refractivity contribution is 7.99. The second kappa shape index (κ2) is 4.00. The van der Waals surface area contributed by atoms with Crippen LogP contribution in [-0.2, 0) is 0 Å². The van der Waals surface area contributed by atoms with Crippen LogP contribution in [0.15, 0.2) is 30.5 Å². The number of thioether (sulfide) groups is 1. The minimum Gasteiger partial charge on any atom is -0.225 e. The third kappa shape index (κ3) is 2.14. The van der Waals surface area contributed by atoms with Gasteiger partial charge < -0.3 is 0 Å². The zero-order valence-corrected chi connectivity index (χ0v) is 6.21. The smallest absolute Gasteiger partial charge is 0.190 e. The normalized spacial score (nSPS) is 9.20. The highest BCUT2D eigenvalue weighted by atomic mass is 32.2. The fraction of sp³-hybridized carbons (Fsp3) is 0.167. The van der Waals surface area contributed by atoms with E-state index in [9.17, 15) is 0 Å². The lowest BCUT2D eigenvalue weighted by molar-refractivity contribution is 0.903. The number of nitrogens with zero attached hydrogens (tertiary/aromatic N) is 3. The molecule has 1 rings (SSSR count). The van der Waals surface area contributed by atoms with Crippen molar-refractivity contribution in [1.82, 2.24) is 15.0 Å². The van der Waals surface area contributed by atoms with E-state index in [0.717, 1.165) is 10.9 Å². The highest BCUT2D eigenvalue weighted by Crippen LogP contribution is 2.08. The maximum Gasteiger partial charge on any atom is 0.190 e. The summed E-state index contributed by atoms with van der Waals surface area (Å²) in [6.45, 7) is 3.58. The molecule has 0 aliphatic heterocycles. The predicted octanol–water partition coefficient (Wildman–Crippen LogP) is 1.15. The van der Waals surface area contributed by atoms with E-state index >= 15 is 0 Å². The van der Waals surface area contributed by atoms with E-state index in [1.807, 2.05) is 6.08 Å². The lowest BCUT2D eigenvalue weighted by atomic mass is 10.8. The topological polar surface area (TPSA) is 38.7 Å². The van der Waals surface area contributed by atoms with Crippen LogP contribution in [0.3, 0.4) is 0 Å². The van der Waals surface area contributed by atoms with Crippen LogP contribution >= 0.6 is 11.8 Å². The van der Waals surface area contributed by atoms with Crippen LogP contribution in [-0.4, -0.2) is 20.7 Å². The number of rotatable bonds is 3. The van der Waals surface area contributed by atoms with Crippen LogP contribution in [0.4, 0.5) is 0 Å². The van der Waals surface area contributed by atoms with Crippen LogP contribution in [0, 0.1) is 0 Å². The third-order valence-electron chi connectivity index (χ3n) is 0.800. The lowest BCUT2D eigenvalue weighted by Crippen LogP contribution is -1.85. The number of hydrogen-bond donors (Lipinski definition) is 0. The molecule has 0 unspecified atom stereocenters. The molecule has 0 saturated carbocycles. The summed E-state index contributed by atoms with van der Waals surface area (Å²) in [5.41, 5.74) is 0. The lowest BCUT2D eigenvalue weighted by Gasteiger charge is -1.91. The standard InChI is InChI=1S/C6H7N3S/c1-2-3-10-6-8-4-7-5-9-6/h2,4-5H,1,3H2. The van der Waals surface area contributed by atoms with E-state index in [2.05, 4.69) is 21.5 Å². The second-order valence-corrected chi connectivity index (χ2v) is 2.51. The van der Waals surface area contributed by atoms with Crippen molar-refractivity contribution in [3.63, 3.8) is 0 Å². The van der Waals surface area contributed by atoms with Crippen LogP contribution in [0.5, 0.6) is 0 Å². The van der Waals surface area contributed by atoms with E-state index in [1.165, 1.54) is 12.7 Å². The Labute approximate surface area is 63.6 Å². The largest absolute Gasteiger partial charge is 0.225 e. The first-order valence-electron chi connectivity index (χ1n) is 2.79. The fourth-order valence-corrected chi connectivity index (χ4v) is 0.947. The number of hydrogen-bond acceptors (Lipinski definition) is 4. The molecule has 1 aromatic heterocycles. The van der Waals surface area contributed by atoms with Gasteiger partial charge in [0, 0.05) is 5.75 Å². The Morgan fingerprint density at radius 3 is 2.80 bits per heavy atom. The molecule has 0 fully saturated rings. The SMILES string of the molecule is C=CCSc1ncncn1. The molecular formula is C6H7N3S. The summed E-state index contributed by atoms with van der Waals surface area (Å²) < 4.78 is 0. The maximum absolute atomic E-state index is 3.91. The monoisotopic (exact) mass is 153 g/mol. The van der Waals surface area contributed by atoms with Gasteiger partial charge in [-0.3, -0.25) is 0 Å². The average Bonchev–Trinajstić information content (AvgIpc) is 2.03. The van der Waals surface area contributed by atoms with Crippen molar-refractivity contribution in [3.05, 3.63) is 25.3 Å². The highest BCUT2D eigenvalue weighted by Gasteiger charge is 1.90. The molecule has 0 bridgehead atoms. The summed E-state index contributed by atoms with van der Waals surface area (Å²) in [4.78, 5) is 11.5. The van der Waals surface area contributed by atoms with Crippen molar-refractivity contribution >= 4 is 11.8 Å². The van der Waals surface area contributed by atoms with Gasteiger partial charge in [-0.15, -0.1) is 6.58 Å². The zero-order chi connectivity index (χ0) is 7.23. The molecule has 4 heteroatoms. The van der Waals surface area contributed by atoms with Crippen molar-refractivity contribution in [2.75, 3.05) is 5.75 Å². The fourth-order valence-electron chi connectivity index (χ4n) is 0.437. The maximum atomic E-state index is 3.91. The van der Waals surface area contributed by atoms with Crippen LogP contribution in [0.1, 0.15) is 0 Å². The molecule has 0 N–H and O–H groups in total. The van der Waals surface area contributed by atoms with E-state index in [4.69, 9.17) is 0 Å². The first-order chi connectivity index (χ1) is 4.93. The minimum atomic E-state index is 0.745. The minimum absolute atomic E-state index is 0.745. The Bertz CT molecular complexity index is 199. The van der Waals surface area contributed by atoms with Crippen molar-refractivity contribution in [3.8, 4) is 0 Å². The van der Waals surface area contributed by atoms with Gasteiger partial charge >= 0.3 is 0 Å². The van der Waals surface area contributed by atoms with E-state index in [1.54, 1.807) is 11.8 Å². The molecule has 0 atom stereocenters. The predicted molar refractivity (Wildman–Crippen MR) is 40.7 cm³/mol. The first kappa shape index (κ1) is 7.21. The molecule has 52 valence electrons. The van der Waals surface area contributed by atoms with Gasteiger partial charge in [-0.1, -0.05) is 17.8 Å². The molecule has 1 heterocycles. The quantitative estimate of drug-likeness (QED) is 0.482. The Morgan fingerprint density at radius 1 is 1.50 bits per heavy atom. The molecule has 0 spiro atoms. The molecule has 3 nitrogen and oxygen atoms in total. The Kier molecular flexibility index (Phi) is 2.89. The van der Waals surface area contributed by atoms with Gasteiger partial charge in [0.05, 0.1) is 0 Å². The Balaban J connectivity index is 2.50. The molecule has 0 saturated heterocycles. The summed E-state index contributed by atoms with van der Waals surface area (Å²) in [6, 6.07) is 0. The number of aromatic nitrogens is 3. The van der Waals surface area contributed by atoms with Crippen LogP contribution in [0.25, 0.3) is 0 Å². The van der Waals surface area contributed by atoms with E-state index in [0.29, 0.717) is 0 Å². The van der Waals surface area contributed by atoms with Gasteiger partial charge in [-0.05, 0) is 0 Å². The zero-order valence-electron chi connectivity index (χ0n) is 5.40. The molecular weight excluding hydrogens is 146 g/mol. The van der Waals surface area contributed by atoms with Crippen molar-refractivity contribution < 1.29 is 0 Å². The van der Waals surface area contributed by atoms with E-state index < -0.39 is 0 Å². The molecule has 0 aliphatic carbocycles.